The summed E-state index contributed by atoms with van der Waals surface area (Å²) in [6.45, 7) is 0.566. The van der Waals surface area contributed by atoms with E-state index in [9.17, 15) is 14.3 Å². The molecule has 2 aromatic carbocycles. The summed E-state index contributed by atoms with van der Waals surface area (Å²) in [6, 6.07) is 11.9. The topological polar surface area (TPSA) is 42.2 Å². The van der Waals surface area contributed by atoms with Crippen LogP contribution in [0.5, 0.6) is 0 Å². The number of aryl methyl sites for hydroxylation is 1. The molecule has 0 amide bonds. The van der Waals surface area contributed by atoms with Crippen molar-refractivity contribution in [2.45, 2.75) is 32.2 Å². The molecule has 0 spiro atoms. The summed E-state index contributed by atoms with van der Waals surface area (Å²) in [5, 5.41) is 10.7. The van der Waals surface area contributed by atoms with Crippen molar-refractivity contribution in [1.82, 2.24) is 4.57 Å². The van der Waals surface area contributed by atoms with Crippen LogP contribution >= 0.6 is 0 Å². The van der Waals surface area contributed by atoms with E-state index in [1.165, 1.54) is 23.4 Å². The lowest BCUT2D eigenvalue weighted by molar-refractivity contribution is 0.0698. The van der Waals surface area contributed by atoms with Crippen LogP contribution in [-0.2, 0) is 19.4 Å². The molecule has 1 N–H and O–H groups in total. The van der Waals surface area contributed by atoms with Gasteiger partial charge in [-0.2, -0.15) is 0 Å². The van der Waals surface area contributed by atoms with Crippen molar-refractivity contribution in [2.24, 2.45) is 0 Å². The number of fused-ring (bicyclic) bond motifs is 3. The van der Waals surface area contributed by atoms with Crippen LogP contribution in [0.3, 0.4) is 0 Å². The van der Waals surface area contributed by atoms with Gasteiger partial charge >= 0.3 is 5.97 Å². The lowest BCUT2D eigenvalue weighted by atomic mass is 9.95. The molecule has 0 atom stereocenters. The molecule has 24 heavy (non-hydrogen) atoms. The highest BCUT2D eigenvalue weighted by Crippen LogP contribution is 2.34. The number of nitrogens with zero attached hydrogens (tertiary/aromatic N) is 1. The molecule has 1 aliphatic carbocycles. The smallest absolute Gasteiger partial charge is 0.337 e. The maximum absolute atomic E-state index is 13.2. The van der Waals surface area contributed by atoms with E-state index >= 15 is 0 Å². The average molecular weight is 323 g/mol. The van der Waals surface area contributed by atoms with Crippen LogP contribution in [-0.4, -0.2) is 15.6 Å². The zero-order chi connectivity index (χ0) is 16.7. The van der Waals surface area contributed by atoms with Crippen molar-refractivity contribution < 1.29 is 14.3 Å². The highest BCUT2D eigenvalue weighted by Gasteiger charge is 2.23. The Bertz CT molecular complexity index is 925. The van der Waals surface area contributed by atoms with Gasteiger partial charge in [-0.05, 0) is 55.0 Å². The van der Waals surface area contributed by atoms with Gasteiger partial charge in [0.15, 0.2) is 0 Å². The van der Waals surface area contributed by atoms with Gasteiger partial charge in [-0.15, -0.1) is 0 Å². The van der Waals surface area contributed by atoms with E-state index in [2.05, 4.69) is 4.57 Å². The van der Waals surface area contributed by atoms with Gasteiger partial charge in [-0.3, -0.25) is 0 Å². The molecule has 0 saturated carbocycles. The average Bonchev–Trinajstić information content (AvgIpc) is 2.91. The van der Waals surface area contributed by atoms with Gasteiger partial charge in [0, 0.05) is 17.6 Å². The van der Waals surface area contributed by atoms with Crippen LogP contribution in [0.15, 0.2) is 42.5 Å². The van der Waals surface area contributed by atoms with Gasteiger partial charge in [0.1, 0.15) is 5.82 Å². The molecular weight excluding hydrogens is 305 g/mol. The highest BCUT2D eigenvalue weighted by atomic mass is 19.1. The molecule has 1 heterocycles. The van der Waals surface area contributed by atoms with E-state index in [0.717, 1.165) is 42.1 Å². The Morgan fingerprint density at radius 2 is 1.83 bits per heavy atom. The Kier molecular flexibility index (Phi) is 3.60. The lowest BCUT2D eigenvalue weighted by Crippen LogP contribution is -2.10. The summed E-state index contributed by atoms with van der Waals surface area (Å²) < 4.78 is 15.3. The normalized spacial score (nSPS) is 13.9. The molecule has 0 aliphatic heterocycles. The Morgan fingerprint density at radius 3 is 2.58 bits per heavy atom. The molecule has 4 heteroatoms. The van der Waals surface area contributed by atoms with Crippen LogP contribution in [0.2, 0.25) is 0 Å². The first-order valence-corrected chi connectivity index (χ1v) is 8.26. The van der Waals surface area contributed by atoms with Gasteiger partial charge in [0.2, 0.25) is 0 Å². The fraction of sp³-hybridized carbons (Fsp3) is 0.250. The van der Waals surface area contributed by atoms with Gasteiger partial charge in [-0.25, -0.2) is 9.18 Å². The zero-order valence-corrected chi connectivity index (χ0v) is 13.3. The number of carbonyl (C=O) groups is 1. The first-order valence-electron chi connectivity index (χ1n) is 8.26. The maximum Gasteiger partial charge on any atom is 0.337 e. The summed E-state index contributed by atoms with van der Waals surface area (Å²) in [6.07, 6.45) is 4.21. The number of carboxylic acids is 1. The van der Waals surface area contributed by atoms with Gasteiger partial charge in [0.25, 0.3) is 0 Å². The second kappa shape index (κ2) is 5.78. The maximum atomic E-state index is 13.2. The van der Waals surface area contributed by atoms with Crippen molar-refractivity contribution in [3.8, 4) is 0 Å². The van der Waals surface area contributed by atoms with Gasteiger partial charge < -0.3 is 9.67 Å². The summed E-state index contributed by atoms with van der Waals surface area (Å²) >= 11 is 0. The summed E-state index contributed by atoms with van der Waals surface area (Å²) in [5.74, 6) is -1.17. The number of hydrogen-bond donors (Lipinski definition) is 1. The number of carboxylic acid groups (broad SMARTS) is 1. The van der Waals surface area contributed by atoms with E-state index in [0.29, 0.717) is 12.1 Å². The van der Waals surface area contributed by atoms with E-state index in [1.54, 1.807) is 18.2 Å². The van der Waals surface area contributed by atoms with Crippen LogP contribution in [0.4, 0.5) is 4.39 Å². The predicted octanol–water partition coefficient (Wildman–Crippen LogP) is 4.41. The second-order valence-corrected chi connectivity index (χ2v) is 6.35. The number of benzene rings is 2. The SMILES string of the molecule is O=C(O)c1cccc2c3c(n(Cc4ccc(F)cc4)c12)CCCC3. The van der Waals surface area contributed by atoms with Crippen LogP contribution in [0.25, 0.3) is 10.9 Å². The fourth-order valence-corrected chi connectivity index (χ4v) is 3.81. The third kappa shape index (κ3) is 2.39. The molecule has 122 valence electrons. The molecule has 0 bridgehead atoms. The second-order valence-electron chi connectivity index (χ2n) is 6.35. The van der Waals surface area contributed by atoms with Crippen LogP contribution < -0.4 is 0 Å². The Balaban J connectivity index is 1.95. The highest BCUT2D eigenvalue weighted by molar-refractivity contribution is 6.04. The number of aromatic nitrogens is 1. The molecule has 0 unspecified atom stereocenters. The number of hydrogen-bond acceptors (Lipinski definition) is 1. The first kappa shape index (κ1) is 14.9. The number of rotatable bonds is 3. The molecule has 1 aromatic heterocycles. The van der Waals surface area contributed by atoms with Crippen molar-refractivity contribution in [2.75, 3.05) is 0 Å². The predicted molar refractivity (Wildman–Crippen MR) is 91.0 cm³/mol. The largest absolute Gasteiger partial charge is 0.478 e. The lowest BCUT2D eigenvalue weighted by Gasteiger charge is -2.16. The van der Waals surface area contributed by atoms with Crippen molar-refractivity contribution in [3.63, 3.8) is 0 Å². The minimum absolute atomic E-state index is 0.260. The quantitative estimate of drug-likeness (QED) is 0.776. The van der Waals surface area contributed by atoms with E-state index in [4.69, 9.17) is 0 Å². The third-order valence-electron chi connectivity index (χ3n) is 4.88. The van der Waals surface area contributed by atoms with Crippen molar-refractivity contribution in [1.29, 1.82) is 0 Å². The molecular formula is C20H18FNO2. The molecule has 3 aromatic rings. The number of halogens is 1. The van der Waals surface area contributed by atoms with E-state index < -0.39 is 5.97 Å². The molecule has 0 radical (unpaired) electrons. The first-order chi connectivity index (χ1) is 11.6. The van der Waals surface area contributed by atoms with Crippen LogP contribution in [0, 0.1) is 5.82 Å². The monoisotopic (exact) mass is 323 g/mol. The third-order valence-corrected chi connectivity index (χ3v) is 4.88. The molecule has 1 aliphatic rings. The van der Waals surface area contributed by atoms with Gasteiger partial charge in [-0.1, -0.05) is 24.3 Å². The Morgan fingerprint density at radius 1 is 1.08 bits per heavy atom. The van der Waals surface area contributed by atoms with Crippen LogP contribution in [0.1, 0.15) is 40.0 Å². The summed E-state index contributed by atoms with van der Waals surface area (Å²) in [4.78, 5) is 11.7. The Hall–Kier alpha value is -2.62. The standard InChI is InChI=1S/C20H18FNO2/c21-14-10-8-13(9-11-14)12-22-18-7-2-1-4-15(18)16-5-3-6-17(19(16)22)20(23)24/h3,5-6,8-11H,1-2,4,7,12H2,(H,23,24). The van der Waals surface area contributed by atoms with E-state index in [1.807, 2.05) is 12.1 Å². The number of para-hydroxylation sites is 1. The summed E-state index contributed by atoms with van der Waals surface area (Å²) in [7, 11) is 0. The minimum atomic E-state index is -0.907. The fourth-order valence-electron chi connectivity index (χ4n) is 3.81. The Labute approximate surface area is 139 Å². The molecule has 0 fully saturated rings. The van der Waals surface area contributed by atoms with Crippen molar-refractivity contribution in [3.05, 3.63) is 70.7 Å². The minimum Gasteiger partial charge on any atom is -0.478 e. The molecule has 4 rings (SSSR count). The summed E-state index contributed by atoms with van der Waals surface area (Å²) in [5.41, 5.74) is 4.61. The van der Waals surface area contributed by atoms with Crippen molar-refractivity contribution >= 4 is 16.9 Å². The zero-order valence-electron chi connectivity index (χ0n) is 13.3. The van der Waals surface area contributed by atoms with E-state index in [-0.39, 0.29) is 5.82 Å². The van der Waals surface area contributed by atoms with Gasteiger partial charge in [0.05, 0.1) is 11.1 Å². The molecule has 0 saturated heterocycles. The number of aromatic carboxylic acids is 1. The molecule has 3 nitrogen and oxygen atoms in total.